The third-order valence-electron chi connectivity index (χ3n) is 5.51. The maximum absolute atomic E-state index is 13.7. The van der Waals surface area contributed by atoms with E-state index in [9.17, 15) is 33.0 Å². The number of anilines is 1. The van der Waals surface area contributed by atoms with Gasteiger partial charge in [0.05, 0.1) is 31.6 Å². The quantitative estimate of drug-likeness (QED) is 0.302. The van der Waals surface area contributed by atoms with Crippen LogP contribution >= 0.6 is 26.8 Å². The Balaban J connectivity index is 1.58. The molecule has 190 valence electrons. The minimum absolute atomic E-state index is 0.0504. The standard InChI is InChI=1S/C16H21ClF2N4O9P2/c17-12-3-9(22-2-1-15(18,19)6-22)10-4-20-14(23(10)21-12)16(25)7-31-11(13(16)24)5-32-34(29,30)8-33(26,27)28/h3-4,11,13,24-25H,1-2,5-8H2,(H,29,30)(H2,26,27,28)/t11-,13-,16+/m1/s1. The van der Waals surface area contributed by atoms with Crippen LogP contribution in [0.3, 0.4) is 0 Å². The smallest absolute Gasteiger partial charge is 0.340 e. The summed E-state index contributed by atoms with van der Waals surface area (Å²) in [6.07, 6.45) is -2.23. The number of fused-ring (bicyclic) bond motifs is 1. The Morgan fingerprint density at radius 1 is 1.32 bits per heavy atom. The molecule has 1 unspecified atom stereocenters. The maximum Gasteiger partial charge on any atom is 0.340 e. The first-order valence-corrected chi connectivity index (χ1v) is 13.7. The Labute approximate surface area is 195 Å². The van der Waals surface area contributed by atoms with Gasteiger partial charge >= 0.3 is 15.2 Å². The van der Waals surface area contributed by atoms with E-state index in [0.29, 0.717) is 5.69 Å². The number of alkyl halides is 2. The summed E-state index contributed by atoms with van der Waals surface area (Å²) in [5.74, 6) is -4.55. The lowest BCUT2D eigenvalue weighted by molar-refractivity contribution is -0.0652. The van der Waals surface area contributed by atoms with Gasteiger partial charge in [0.15, 0.2) is 22.5 Å². The van der Waals surface area contributed by atoms with E-state index in [0.717, 1.165) is 4.52 Å². The van der Waals surface area contributed by atoms with Crippen LogP contribution in [0.4, 0.5) is 14.5 Å². The number of ether oxygens (including phenoxy) is 1. The molecule has 5 N–H and O–H groups in total. The van der Waals surface area contributed by atoms with E-state index in [1.165, 1.54) is 17.2 Å². The summed E-state index contributed by atoms with van der Waals surface area (Å²) >= 11 is 6.08. The number of hydrogen-bond acceptors (Lipinski definition) is 9. The number of aliphatic hydroxyl groups excluding tert-OH is 1. The number of aromatic nitrogens is 3. The average molecular weight is 549 g/mol. The molecule has 0 aromatic carbocycles. The van der Waals surface area contributed by atoms with Gasteiger partial charge < -0.3 is 39.1 Å². The van der Waals surface area contributed by atoms with E-state index in [1.807, 2.05) is 0 Å². The Morgan fingerprint density at radius 2 is 2.03 bits per heavy atom. The first-order chi connectivity index (χ1) is 15.6. The van der Waals surface area contributed by atoms with Crippen LogP contribution in [0.1, 0.15) is 12.2 Å². The van der Waals surface area contributed by atoms with Gasteiger partial charge in [-0.3, -0.25) is 9.13 Å². The Kier molecular flexibility index (Phi) is 6.61. The van der Waals surface area contributed by atoms with Gasteiger partial charge in [-0.1, -0.05) is 11.6 Å². The molecule has 0 bridgehead atoms. The second-order valence-corrected chi connectivity index (χ2v) is 12.6. The molecule has 2 fully saturated rings. The summed E-state index contributed by atoms with van der Waals surface area (Å²) in [5.41, 5.74) is -1.67. The summed E-state index contributed by atoms with van der Waals surface area (Å²) in [5, 5.41) is 25.8. The van der Waals surface area contributed by atoms with E-state index in [1.54, 1.807) is 0 Å². The molecule has 4 atom stereocenters. The molecule has 2 aromatic heterocycles. The normalized spacial score (nSPS) is 29.1. The zero-order valence-electron chi connectivity index (χ0n) is 17.2. The Morgan fingerprint density at radius 3 is 2.65 bits per heavy atom. The van der Waals surface area contributed by atoms with Crippen molar-refractivity contribution in [2.75, 3.05) is 37.1 Å². The minimum atomic E-state index is -4.86. The molecule has 0 aliphatic carbocycles. The summed E-state index contributed by atoms with van der Waals surface area (Å²) in [6.45, 7) is -1.83. The minimum Gasteiger partial charge on any atom is -0.387 e. The average Bonchev–Trinajstić information content (AvgIpc) is 3.35. The number of halogens is 3. The van der Waals surface area contributed by atoms with E-state index in [-0.39, 0.29) is 29.5 Å². The van der Waals surface area contributed by atoms with Gasteiger partial charge in [-0.25, -0.2) is 18.3 Å². The molecule has 2 aliphatic rings. The van der Waals surface area contributed by atoms with E-state index in [4.69, 9.17) is 26.1 Å². The lowest BCUT2D eigenvalue weighted by Crippen LogP contribution is -2.44. The molecule has 2 saturated heterocycles. The van der Waals surface area contributed by atoms with Crippen molar-refractivity contribution in [1.29, 1.82) is 0 Å². The van der Waals surface area contributed by atoms with Gasteiger partial charge in [-0.15, -0.1) is 0 Å². The van der Waals surface area contributed by atoms with Crippen molar-refractivity contribution >= 4 is 38.0 Å². The number of hydrogen-bond donors (Lipinski definition) is 5. The fraction of sp³-hybridized carbons (Fsp3) is 0.625. The molecule has 2 aromatic rings. The summed E-state index contributed by atoms with van der Waals surface area (Å²) in [7, 11) is -9.58. The summed E-state index contributed by atoms with van der Waals surface area (Å²) in [6, 6.07) is 1.38. The molecule has 0 spiro atoms. The molecule has 13 nitrogen and oxygen atoms in total. The highest BCUT2D eigenvalue weighted by Gasteiger charge is 2.53. The fourth-order valence-corrected chi connectivity index (χ4v) is 6.69. The van der Waals surface area contributed by atoms with Crippen LogP contribution in [0.2, 0.25) is 5.15 Å². The predicted molar refractivity (Wildman–Crippen MR) is 112 cm³/mol. The monoisotopic (exact) mass is 548 g/mol. The predicted octanol–water partition coefficient (Wildman–Crippen LogP) is 0.513. The first kappa shape index (κ1) is 25.8. The van der Waals surface area contributed by atoms with Crippen LogP contribution in [-0.4, -0.2) is 89.8 Å². The molecule has 4 rings (SSSR count). The number of nitrogens with zero attached hydrogens (tertiary/aromatic N) is 4. The van der Waals surface area contributed by atoms with Gasteiger partial charge in [-0.05, 0) is 0 Å². The summed E-state index contributed by atoms with van der Waals surface area (Å²) < 4.78 is 61.3. The molecule has 2 aliphatic heterocycles. The highest BCUT2D eigenvalue weighted by atomic mass is 35.5. The van der Waals surface area contributed by atoms with Gasteiger partial charge in [0.25, 0.3) is 5.92 Å². The van der Waals surface area contributed by atoms with E-state index < -0.39 is 64.6 Å². The molecular formula is C16H21ClF2N4O9P2. The maximum atomic E-state index is 13.7. The third kappa shape index (κ3) is 5.14. The van der Waals surface area contributed by atoms with Crippen LogP contribution in [-0.2, 0) is 24.0 Å². The largest absolute Gasteiger partial charge is 0.387 e. The topological polar surface area (TPSA) is 187 Å². The summed E-state index contributed by atoms with van der Waals surface area (Å²) in [4.78, 5) is 32.8. The first-order valence-electron chi connectivity index (χ1n) is 9.81. The van der Waals surface area contributed by atoms with Crippen molar-refractivity contribution in [2.24, 2.45) is 0 Å². The van der Waals surface area contributed by atoms with Crippen LogP contribution < -0.4 is 4.90 Å². The number of imidazole rings is 1. The fourth-order valence-electron chi connectivity index (χ4n) is 3.94. The SMILES string of the molecule is O=P(O)(O)CP(=O)(O)OC[C@H]1OC[C@@](O)(c2ncc3c(N4CCC(F)(F)C4)cc(Cl)nn23)[C@@H]1O. The third-order valence-corrected chi connectivity index (χ3v) is 9.15. The van der Waals surface area contributed by atoms with Gasteiger partial charge in [0, 0.05) is 19.0 Å². The Bertz CT molecular complexity index is 1200. The number of rotatable bonds is 7. The van der Waals surface area contributed by atoms with E-state index in [2.05, 4.69) is 14.6 Å². The van der Waals surface area contributed by atoms with Crippen LogP contribution in [0, 0.1) is 0 Å². The molecular weight excluding hydrogens is 528 g/mol. The zero-order valence-corrected chi connectivity index (χ0v) is 19.8. The van der Waals surface area contributed by atoms with Crippen LogP contribution in [0.5, 0.6) is 0 Å². The molecule has 34 heavy (non-hydrogen) atoms. The van der Waals surface area contributed by atoms with Crippen LogP contribution in [0.15, 0.2) is 12.3 Å². The van der Waals surface area contributed by atoms with Gasteiger partial charge in [-0.2, -0.15) is 5.10 Å². The highest BCUT2D eigenvalue weighted by Crippen LogP contribution is 2.55. The van der Waals surface area contributed by atoms with E-state index >= 15 is 0 Å². The van der Waals surface area contributed by atoms with Crippen molar-refractivity contribution < 1.29 is 52.1 Å². The Hall–Kier alpha value is -1.25. The van der Waals surface area contributed by atoms with Crippen molar-refractivity contribution in [3.63, 3.8) is 0 Å². The molecule has 4 heterocycles. The molecule has 0 amide bonds. The van der Waals surface area contributed by atoms with Crippen molar-refractivity contribution in [3.8, 4) is 0 Å². The lowest BCUT2D eigenvalue weighted by Gasteiger charge is -2.25. The van der Waals surface area contributed by atoms with Crippen molar-refractivity contribution in [3.05, 3.63) is 23.2 Å². The lowest BCUT2D eigenvalue weighted by atomic mass is 9.96. The number of aliphatic hydroxyl groups is 2. The molecule has 0 saturated carbocycles. The second-order valence-electron chi connectivity index (χ2n) is 8.22. The second kappa shape index (κ2) is 8.70. The van der Waals surface area contributed by atoms with Crippen molar-refractivity contribution in [1.82, 2.24) is 14.6 Å². The molecule has 18 heteroatoms. The van der Waals surface area contributed by atoms with Crippen LogP contribution in [0.25, 0.3) is 5.52 Å². The van der Waals surface area contributed by atoms with Gasteiger partial charge in [0.1, 0.15) is 17.7 Å². The zero-order chi connectivity index (χ0) is 25.1. The molecule has 0 radical (unpaired) electrons. The van der Waals surface area contributed by atoms with Gasteiger partial charge in [0.2, 0.25) is 0 Å². The highest BCUT2D eigenvalue weighted by molar-refractivity contribution is 7.70. The van der Waals surface area contributed by atoms with Crippen molar-refractivity contribution in [2.45, 2.75) is 30.2 Å².